The molecule has 1 amide bonds. The van der Waals surface area contributed by atoms with E-state index in [0.717, 1.165) is 12.8 Å². The van der Waals surface area contributed by atoms with Crippen LogP contribution in [0.15, 0.2) is 23.8 Å². The van der Waals surface area contributed by atoms with Gasteiger partial charge in [-0.15, -0.1) is 0 Å². The van der Waals surface area contributed by atoms with E-state index < -0.39 is 10.8 Å². The molecule has 1 aliphatic rings. The van der Waals surface area contributed by atoms with Crippen LogP contribution in [-0.4, -0.2) is 37.2 Å². The summed E-state index contributed by atoms with van der Waals surface area (Å²) in [6.45, 7) is 0.996. The van der Waals surface area contributed by atoms with Crippen LogP contribution in [0.2, 0.25) is 0 Å². The summed E-state index contributed by atoms with van der Waals surface area (Å²) in [6, 6.07) is 5.77. The fourth-order valence-corrected chi connectivity index (χ4v) is 2.36. The minimum Gasteiger partial charge on any atom is -0.496 e. The van der Waals surface area contributed by atoms with Crippen LogP contribution in [0, 0.1) is 21.4 Å². The molecular weight excluding hydrogens is 314 g/mol. The summed E-state index contributed by atoms with van der Waals surface area (Å²) in [7, 11) is 1.40. The lowest BCUT2D eigenvalue weighted by molar-refractivity contribution is -0.384. The molecule has 1 saturated heterocycles. The molecule has 0 unspecified atom stereocenters. The quantitative estimate of drug-likeness (QED) is 0.368. The summed E-state index contributed by atoms with van der Waals surface area (Å²) < 4.78 is 10.5. The van der Waals surface area contributed by atoms with E-state index in [1.165, 1.54) is 31.4 Å². The highest BCUT2D eigenvalue weighted by Crippen LogP contribution is 2.26. The zero-order valence-corrected chi connectivity index (χ0v) is 13.2. The molecule has 1 atom stereocenters. The number of non-ortho nitro benzene ring substituents is 1. The number of nitro benzene ring substituents is 1. The molecule has 1 aromatic carbocycles. The number of nitrogens with one attached hydrogen (secondary N) is 1. The summed E-state index contributed by atoms with van der Waals surface area (Å²) >= 11 is 0. The predicted octanol–water partition coefficient (Wildman–Crippen LogP) is 1.81. The monoisotopic (exact) mass is 331 g/mol. The van der Waals surface area contributed by atoms with Crippen LogP contribution in [0.5, 0.6) is 5.75 Å². The molecule has 1 N–H and O–H groups in total. The standard InChI is InChI=1S/C16H17N3O5/c1-23-15-5-4-13(19(21)22)8-11(15)7-12(9-17)16(20)18-10-14-3-2-6-24-14/h4-5,7-8,14H,2-3,6,10H2,1H3,(H,18,20)/b12-7+/t14-/m0/s1. The molecule has 0 saturated carbocycles. The SMILES string of the molecule is COc1ccc([N+](=O)[O-])cc1/C=C(\C#N)C(=O)NC[C@@H]1CCCO1. The lowest BCUT2D eigenvalue weighted by Crippen LogP contribution is -2.32. The lowest BCUT2D eigenvalue weighted by Gasteiger charge is -2.10. The number of benzene rings is 1. The first-order valence-electron chi connectivity index (χ1n) is 7.39. The van der Waals surface area contributed by atoms with Crippen LogP contribution >= 0.6 is 0 Å². The maximum Gasteiger partial charge on any atom is 0.270 e. The first kappa shape index (κ1) is 17.4. The fraction of sp³-hybridized carbons (Fsp3) is 0.375. The first-order chi connectivity index (χ1) is 11.5. The van der Waals surface area contributed by atoms with E-state index in [1.54, 1.807) is 0 Å². The number of nitro groups is 1. The zero-order chi connectivity index (χ0) is 17.5. The van der Waals surface area contributed by atoms with Gasteiger partial charge in [0.15, 0.2) is 0 Å². The number of amides is 1. The normalized spacial score (nSPS) is 17.2. The summed E-state index contributed by atoms with van der Waals surface area (Å²) in [5.41, 5.74) is -0.0265. The maximum atomic E-state index is 12.1. The third-order valence-corrected chi connectivity index (χ3v) is 3.60. The lowest BCUT2D eigenvalue weighted by atomic mass is 10.1. The Labute approximate surface area is 138 Å². The number of hydrogen-bond acceptors (Lipinski definition) is 6. The van der Waals surface area contributed by atoms with Crippen LogP contribution < -0.4 is 10.1 Å². The van der Waals surface area contributed by atoms with E-state index in [1.807, 2.05) is 6.07 Å². The molecule has 0 aliphatic carbocycles. The highest BCUT2D eigenvalue weighted by molar-refractivity contribution is 6.02. The summed E-state index contributed by atoms with van der Waals surface area (Å²) in [6.07, 6.45) is 3.05. The van der Waals surface area contributed by atoms with Gasteiger partial charge in [-0.2, -0.15) is 5.26 Å². The highest BCUT2D eigenvalue weighted by Gasteiger charge is 2.18. The molecule has 0 aromatic heterocycles. The molecular formula is C16H17N3O5. The van der Waals surface area contributed by atoms with Crippen molar-refractivity contribution in [1.82, 2.24) is 5.32 Å². The van der Waals surface area contributed by atoms with Gasteiger partial charge in [0, 0.05) is 30.8 Å². The Morgan fingerprint density at radius 1 is 1.62 bits per heavy atom. The summed E-state index contributed by atoms with van der Waals surface area (Å²) in [5.74, 6) is -0.221. The largest absolute Gasteiger partial charge is 0.496 e. The number of hydrogen-bond donors (Lipinski definition) is 1. The van der Waals surface area contributed by atoms with Gasteiger partial charge in [-0.3, -0.25) is 14.9 Å². The first-order valence-corrected chi connectivity index (χ1v) is 7.39. The Morgan fingerprint density at radius 3 is 3.00 bits per heavy atom. The molecule has 0 bridgehead atoms. The van der Waals surface area contributed by atoms with Crippen LogP contribution in [0.1, 0.15) is 18.4 Å². The van der Waals surface area contributed by atoms with Crippen molar-refractivity contribution in [3.63, 3.8) is 0 Å². The Hall–Kier alpha value is -2.92. The molecule has 1 aliphatic heterocycles. The second-order valence-electron chi connectivity index (χ2n) is 5.20. The van der Waals surface area contributed by atoms with Gasteiger partial charge in [0.2, 0.25) is 0 Å². The van der Waals surface area contributed by atoms with E-state index in [4.69, 9.17) is 9.47 Å². The van der Waals surface area contributed by atoms with E-state index in [2.05, 4.69) is 5.32 Å². The Balaban J connectivity index is 2.19. The van der Waals surface area contributed by atoms with Crippen LogP contribution in [0.25, 0.3) is 6.08 Å². The van der Waals surface area contributed by atoms with Crippen molar-refractivity contribution in [3.8, 4) is 11.8 Å². The number of nitriles is 1. The van der Waals surface area contributed by atoms with E-state index >= 15 is 0 Å². The van der Waals surface area contributed by atoms with E-state index in [9.17, 15) is 20.2 Å². The number of carbonyl (C=O) groups excluding carboxylic acids is 1. The second-order valence-corrected chi connectivity index (χ2v) is 5.20. The number of rotatable bonds is 6. The van der Waals surface area contributed by atoms with Crippen molar-refractivity contribution in [2.75, 3.05) is 20.3 Å². The Kier molecular flexibility index (Phi) is 5.87. The number of methoxy groups -OCH3 is 1. The fourth-order valence-electron chi connectivity index (χ4n) is 2.36. The van der Waals surface area contributed by atoms with Gasteiger partial charge >= 0.3 is 0 Å². The Morgan fingerprint density at radius 2 is 2.42 bits per heavy atom. The minimum absolute atomic E-state index is 0.0405. The molecule has 126 valence electrons. The third kappa shape index (κ3) is 4.30. The average molecular weight is 331 g/mol. The van der Waals surface area contributed by atoms with E-state index in [-0.39, 0.29) is 22.9 Å². The van der Waals surface area contributed by atoms with Gasteiger partial charge in [-0.1, -0.05) is 0 Å². The van der Waals surface area contributed by atoms with Gasteiger partial charge in [0.25, 0.3) is 11.6 Å². The molecule has 1 heterocycles. The molecule has 1 aromatic rings. The number of nitrogens with zero attached hydrogens (tertiary/aromatic N) is 2. The molecule has 24 heavy (non-hydrogen) atoms. The van der Waals surface area contributed by atoms with Gasteiger partial charge in [0.05, 0.1) is 18.1 Å². The van der Waals surface area contributed by atoms with Gasteiger partial charge < -0.3 is 14.8 Å². The van der Waals surface area contributed by atoms with Crippen LogP contribution in [0.3, 0.4) is 0 Å². The topological polar surface area (TPSA) is 114 Å². The molecule has 0 radical (unpaired) electrons. The van der Waals surface area contributed by atoms with Crippen LogP contribution in [0.4, 0.5) is 5.69 Å². The van der Waals surface area contributed by atoms with Gasteiger partial charge in [-0.25, -0.2) is 0 Å². The smallest absolute Gasteiger partial charge is 0.270 e. The van der Waals surface area contributed by atoms with Crippen molar-refractivity contribution in [1.29, 1.82) is 5.26 Å². The number of ether oxygens (including phenoxy) is 2. The van der Waals surface area contributed by atoms with Crippen molar-refractivity contribution in [2.45, 2.75) is 18.9 Å². The third-order valence-electron chi connectivity index (χ3n) is 3.60. The zero-order valence-electron chi connectivity index (χ0n) is 13.2. The van der Waals surface area contributed by atoms with Crippen molar-refractivity contribution >= 4 is 17.7 Å². The van der Waals surface area contributed by atoms with E-state index in [0.29, 0.717) is 18.9 Å². The molecule has 0 spiro atoms. The van der Waals surface area contributed by atoms with Crippen molar-refractivity contribution in [3.05, 3.63) is 39.4 Å². The Bertz CT molecular complexity index is 702. The predicted molar refractivity (Wildman–Crippen MR) is 85.2 cm³/mol. The minimum atomic E-state index is -0.555. The highest BCUT2D eigenvalue weighted by atomic mass is 16.6. The molecule has 1 fully saturated rings. The van der Waals surface area contributed by atoms with Gasteiger partial charge in [-0.05, 0) is 25.0 Å². The second kappa shape index (κ2) is 8.08. The average Bonchev–Trinajstić information content (AvgIpc) is 3.10. The maximum absolute atomic E-state index is 12.1. The van der Waals surface area contributed by atoms with Crippen molar-refractivity contribution in [2.24, 2.45) is 0 Å². The molecule has 8 heteroatoms. The molecule has 8 nitrogen and oxygen atoms in total. The van der Waals surface area contributed by atoms with Crippen LogP contribution in [-0.2, 0) is 9.53 Å². The number of carbonyl (C=O) groups is 1. The van der Waals surface area contributed by atoms with Gasteiger partial charge in [0.1, 0.15) is 17.4 Å². The summed E-state index contributed by atoms with van der Waals surface area (Å²) in [5, 5.41) is 22.7. The molecule has 2 rings (SSSR count). The summed E-state index contributed by atoms with van der Waals surface area (Å²) in [4.78, 5) is 22.4. The van der Waals surface area contributed by atoms with Crippen molar-refractivity contribution < 1.29 is 19.2 Å².